The number of hydrogen-bond donors (Lipinski definition) is 1. The minimum absolute atomic E-state index is 0.0860. The predicted molar refractivity (Wildman–Crippen MR) is 165 cm³/mol. The number of nitrogens with one attached hydrogen (secondary N) is 1. The average molecular weight is 669 g/mol. The van der Waals surface area contributed by atoms with Crippen LogP contribution in [0.2, 0.25) is 10.0 Å². The first-order chi connectivity index (χ1) is 18.9. The fraction of sp³-hybridized carbons (Fsp3) is 0.310. The lowest BCUT2D eigenvalue weighted by Gasteiger charge is -2.34. The van der Waals surface area contributed by atoms with E-state index in [9.17, 15) is 18.0 Å². The van der Waals surface area contributed by atoms with Crippen molar-refractivity contribution in [1.82, 2.24) is 10.2 Å². The fourth-order valence-electron chi connectivity index (χ4n) is 4.08. The molecule has 3 rings (SSSR count). The van der Waals surface area contributed by atoms with Gasteiger partial charge in [-0.3, -0.25) is 13.9 Å². The fourth-order valence-corrected chi connectivity index (χ4v) is 5.66. The summed E-state index contributed by atoms with van der Waals surface area (Å²) < 4.78 is 27.5. The van der Waals surface area contributed by atoms with Crippen LogP contribution in [0.1, 0.15) is 31.4 Å². The second kappa shape index (κ2) is 14.3. The summed E-state index contributed by atoms with van der Waals surface area (Å²) in [4.78, 5) is 29.2. The SMILES string of the molecule is CC[C@H](C)NC(=O)[C@@H](Cc1ccccc1)N(Cc1cccc(Br)c1)C(=O)CN(c1ccc(Cl)c(Cl)c1)S(C)(=O)=O. The van der Waals surface area contributed by atoms with E-state index >= 15 is 0 Å². The second-order valence-electron chi connectivity index (χ2n) is 9.54. The first-order valence-corrected chi connectivity index (χ1v) is 16.1. The maximum atomic E-state index is 14.1. The number of sulfonamides is 1. The lowest BCUT2D eigenvalue weighted by atomic mass is 10.0. The Kier molecular flexibility index (Phi) is 11.5. The molecule has 0 bridgehead atoms. The van der Waals surface area contributed by atoms with Crippen LogP contribution >= 0.6 is 39.1 Å². The minimum Gasteiger partial charge on any atom is -0.352 e. The van der Waals surface area contributed by atoms with Gasteiger partial charge < -0.3 is 10.2 Å². The van der Waals surface area contributed by atoms with Crippen LogP contribution in [0.3, 0.4) is 0 Å². The van der Waals surface area contributed by atoms with Crippen molar-refractivity contribution in [3.05, 3.63) is 98.4 Å². The third-order valence-electron chi connectivity index (χ3n) is 6.38. The summed E-state index contributed by atoms with van der Waals surface area (Å²) in [6.45, 7) is 3.41. The molecule has 0 saturated heterocycles. The Morgan fingerprint density at radius 3 is 2.23 bits per heavy atom. The molecule has 214 valence electrons. The zero-order valence-electron chi connectivity index (χ0n) is 22.5. The van der Waals surface area contributed by atoms with Crippen molar-refractivity contribution in [3.63, 3.8) is 0 Å². The van der Waals surface area contributed by atoms with Gasteiger partial charge in [-0.15, -0.1) is 0 Å². The van der Waals surface area contributed by atoms with Crippen molar-refractivity contribution in [2.24, 2.45) is 0 Å². The third kappa shape index (κ3) is 8.96. The van der Waals surface area contributed by atoms with Crippen molar-refractivity contribution in [1.29, 1.82) is 0 Å². The summed E-state index contributed by atoms with van der Waals surface area (Å²) in [6.07, 6.45) is 1.97. The van der Waals surface area contributed by atoms with Gasteiger partial charge in [-0.1, -0.05) is 88.5 Å². The van der Waals surface area contributed by atoms with Gasteiger partial charge in [0.1, 0.15) is 12.6 Å². The van der Waals surface area contributed by atoms with Crippen LogP contribution in [0.5, 0.6) is 0 Å². The van der Waals surface area contributed by atoms with Crippen LogP contribution in [0, 0.1) is 0 Å². The van der Waals surface area contributed by atoms with Crippen molar-refractivity contribution < 1.29 is 18.0 Å². The van der Waals surface area contributed by atoms with Crippen LogP contribution < -0.4 is 9.62 Å². The van der Waals surface area contributed by atoms with Gasteiger partial charge in [0.25, 0.3) is 0 Å². The summed E-state index contributed by atoms with van der Waals surface area (Å²) in [6, 6.07) is 20.2. The maximum absolute atomic E-state index is 14.1. The van der Waals surface area contributed by atoms with Gasteiger partial charge in [0.2, 0.25) is 21.8 Å². The average Bonchev–Trinajstić information content (AvgIpc) is 2.90. The lowest BCUT2D eigenvalue weighted by Crippen LogP contribution is -2.54. The molecule has 0 aliphatic heterocycles. The molecule has 0 unspecified atom stereocenters. The Morgan fingerprint density at radius 1 is 0.950 bits per heavy atom. The molecule has 0 spiro atoms. The Bertz CT molecular complexity index is 1440. The van der Waals surface area contributed by atoms with E-state index in [4.69, 9.17) is 23.2 Å². The van der Waals surface area contributed by atoms with Gasteiger partial charge in [0, 0.05) is 23.5 Å². The molecule has 3 aromatic carbocycles. The highest BCUT2D eigenvalue weighted by molar-refractivity contribution is 9.10. The highest BCUT2D eigenvalue weighted by Crippen LogP contribution is 2.29. The number of hydrogen-bond acceptors (Lipinski definition) is 4. The molecule has 2 atom stereocenters. The molecule has 0 fully saturated rings. The predicted octanol–water partition coefficient (Wildman–Crippen LogP) is 6.08. The number of amides is 2. The van der Waals surface area contributed by atoms with Crippen molar-refractivity contribution >= 4 is 66.7 Å². The van der Waals surface area contributed by atoms with E-state index in [2.05, 4.69) is 21.2 Å². The summed E-state index contributed by atoms with van der Waals surface area (Å²) in [7, 11) is -3.91. The molecular weight excluding hydrogens is 637 g/mol. The summed E-state index contributed by atoms with van der Waals surface area (Å²) in [5, 5.41) is 3.41. The molecule has 0 aliphatic rings. The molecular formula is C29H32BrCl2N3O4S. The maximum Gasteiger partial charge on any atom is 0.244 e. The smallest absolute Gasteiger partial charge is 0.244 e. The van der Waals surface area contributed by atoms with Crippen molar-refractivity contribution in [3.8, 4) is 0 Å². The zero-order valence-corrected chi connectivity index (χ0v) is 26.4. The molecule has 40 heavy (non-hydrogen) atoms. The Morgan fingerprint density at radius 2 is 1.62 bits per heavy atom. The standard InChI is InChI=1S/C29H32BrCl2N3O4S/c1-4-20(2)33-29(37)27(16-21-9-6-5-7-10-21)34(18-22-11-8-12-23(30)15-22)28(36)19-35(40(3,38)39)24-13-14-25(31)26(32)17-24/h5-15,17,20,27H,4,16,18-19H2,1-3H3,(H,33,37)/t20-,27+/m0/s1. The zero-order chi connectivity index (χ0) is 29.4. The number of benzene rings is 3. The Labute approximate surface area is 254 Å². The van der Waals surface area contributed by atoms with E-state index in [1.165, 1.54) is 23.1 Å². The van der Waals surface area contributed by atoms with E-state index in [1.54, 1.807) is 0 Å². The normalized spacial score (nSPS) is 12.8. The Balaban J connectivity index is 2.07. The van der Waals surface area contributed by atoms with Gasteiger partial charge >= 0.3 is 0 Å². The van der Waals surface area contributed by atoms with E-state index < -0.39 is 28.5 Å². The molecule has 1 N–H and O–H groups in total. The van der Waals surface area contributed by atoms with Crippen LogP contribution in [-0.4, -0.2) is 50.0 Å². The highest BCUT2D eigenvalue weighted by Gasteiger charge is 2.33. The largest absolute Gasteiger partial charge is 0.352 e. The van der Waals surface area contributed by atoms with Crippen LogP contribution in [0.15, 0.2) is 77.3 Å². The van der Waals surface area contributed by atoms with Crippen molar-refractivity contribution in [2.45, 2.75) is 45.3 Å². The van der Waals surface area contributed by atoms with Gasteiger partial charge in [-0.05, 0) is 54.8 Å². The van der Waals surface area contributed by atoms with Crippen molar-refractivity contribution in [2.75, 3.05) is 17.1 Å². The van der Waals surface area contributed by atoms with Gasteiger partial charge in [0.15, 0.2) is 0 Å². The highest BCUT2D eigenvalue weighted by atomic mass is 79.9. The molecule has 11 heteroatoms. The molecule has 0 heterocycles. The monoisotopic (exact) mass is 667 g/mol. The van der Waals surface area contributed by atoms with E-state index in [0.29, 0.717) is 6.42 Å². The molecule has 0 aliphatic carbocycles. The molecule has 7 nitrogen and oxygen atoms in total. The van der Waals surface area contributed by atoms with Crippen LogP contribution in [0.25, 0.3) is 0 Å². The van der Waals surface area contributed by atoms with Gasteiger partial charge in [0.05, 0.1) is 22.0 Å². The summed E-state index contributed by atoms with van der Waals surface area (Å²) >= 11 is 15.7. The number of carbonyl (C=O) groups is 2. The minimum atomic E-state index is -3.91. The summed E-state index contributed by atoms with van der Waals surface area (Å²) in [5.41, 5.74) is 1.83. The molecule has 0 aromatic heterocycles. The van der Waals surface area contributed by atoms with Crippen LogP contribution in [0.4, 0.5) is 5.69 Å². The molecule has 2 amide bonds. The van der Waals surface area contributed by atoms with E-state index in [1.807, 2.05) is 68.4 Å². The first-order valence-electron chi connectivity index (χ1n) is 12.7. The van der Waals surface area contributed by atoms with Gasteiger partial charge in [-0.25, -0.2) is 8.42 Å². The quantitative estimate of drug-likeness (QED) is 0.254. The number of nitrogens with zero attached hydrogens (tertiary/aromatic N) is 2. The van der Waals surface area contributed by atoms with Gasteiger partial charge in [-0.2, -0.15) is 0 Å². The van der Waals surface area contributed by atoms with E-state index in [-0.39, 0.29) is 40.6 Å². The summed E-state index contributed by atoms with van der Waals surface area (Å²) in [5.74, 6) is -0.862. The topological polar surface area (TPSA) is 86.8 Å². The number of halogens is 3. The third-order valence-corrected chi connectivity index (χ3v) is 8.76. The molecule has 3 aromatic rings. The lowest BCUT2D eigenvalue weighted by molar-refractivity contribution is -0.140. The second-order valence-corrected chi connectivity index (χ2v) is 13.2. The number of anilines is 1. The first kappa shape index (κ1) is 31.9. The Hall–Kier alpha value is -2.59. The number of carbonyl (C=O) groups excluding carboxylic acids is 2. The number of rotatable bonds is 12. The molecule has 0 radical (unpaired) electrons. The van der Waals surface area contributed by atoms with E-state index in [0.717, 1.165) is 26.2 Å². The molecule has 0 saturated carbocycles. The van der Waals surface area contributed by atoms with Crippen LogP contribution in [-0.2, 0) is 32.6 Å².